The topological polar surface area (TPSA) is 158 Å². The number of halogens is 1. The molecule has 3 heterocycles. The number of aromatic nitrogens is 1. The number of anilines is 1. The smallest absolute Gasteiger partial charge is 0.354 e. The number of oxime groups is 1. The van der Waals surface area contributed by atoms with Gasteiger partial charge in [-0.2, -0.15) is 0 Å². The number of nitrogens with zero attached hydrogens (tertiary/aromatic N) is 3. The fourth-order valence-corrected chi connectivity index (χ4v) is 12.8. The number of thiazole rings is 1. The molecule has 2 aliphatic heterocycles. The van der Waals surface area contributed by atoms with E-state index in [1.807, 2.05) is 127 Å². The van der Waals surface area contributed by atoms with Gasteiger partial charge < -0.3 is 34.6 Å². The molecule has 2 amide bonds. The Morgan fingerprint density at radius 3 is 1.86 bits per heavy atom. The third-order valence-electron chi connectivity index (χ3n) is 14.3. The molecule has 1 aromatic heterocycles. The minimum Gasteiger partial charge on any atom is -0.497 e. The van der Waals surface area contributed by atoms with Crippen molar-refractivity contribution in [3.8, 4) is 5.75 Å². The zero-order chi connectivity index (χ0) is 52.5. The lowest BCUT2D eigenvalue weighted by atomic mass is 9.77. The van der Waals surface area contributed by atoms with Gasteiger partial charge in [0, 0.05) is 36.4 Å². The number of nitrogens with one attached hydrogen (secondary N) is 2. The van der Waals surface area contributed by atoms with E-state index in [0.29, 0.717) is 23.7 Å². The number of methoxy groups -OCH3 is 1. The Bertz CT molecular complexity index is 3010. The Morgan fingerprint density at radius 1 is 0.763 bits per heavy atom. The van der Waals surface area contributed by atoms with Crippen molar-refractivity contribution in [3.05, 3.63) is 220 Å². The molecule has 7 aromatic rings. The Morgan fingerprint density at radius 2 is 1.32 bits per heavy atom. The summed E-state index contributed by atoms with van der Waals surface area (Å²) in [5.74, 6) is -1.43. The van der Waals surface area contributed by atoms with Crippen LogP contribution in [0.1, 0.15) is 77.3 Å². The number of hydrogen-bond acceptors (Lipinski definition) is 13. The van der Waals surface area contributed by atoms with Crippen LogP contribution in [0, 0.1) is 5.41 Å². The normalized spacial score (nSPS) is 19.1. The maximum atomic E-state index is 15.0. The molecule has 76 heavy (non-hydrogen) atoms. The number of amides is 2. The first-order valence-corrected chi connectivity index (χ1v) is 27.7. The molecule has 1 aliphatic carbocycles. The Hall–Kier alpha value is -7.46. The zero-order valence-corrected chi connectivity index (χ0v) is 44.1. The van der Waals surface area contributed by atoms with E-state index in [9.17, 15) is 19.2 Å². The summed E-state index contributed by atoms with van der Waals surface area (Å²) in [6.45, 7) is 0.0290. The lowest BCUT2D eigenvalue weighted by Crippen LogP contribution is -2.74. The number of β-lactam (4-membered cyclic amide) rings is 1. The second-order valence-electron chi connectivity index (χ2n) is 19.2. The summed E-state index contributed by atoms with van der Waals surface area (Å²) in [7, 11) is 1.58. The average Bonchev–Trinajstić information content (AvgIpc) is 4.04. The summed E-state index contributed by atoms with van der Waals surface area (Å²) >= 11 is 9.14. The minimum absolute atomic E-state index is 0.00949. The summed E-state index contributed by atoms with van der Waals surface area (Å²) < 4.78 is 17.5. The standard InChI is InChI=1S/C60H56ClN5O8S2/c1-71-47-32-30-41(31-33-47)36-72-55(69)58(38-61)39-66-53(68)50(54(66)76-40-58)63-52(67)49(65-74-59(34-18-7-19-35-59)56(70)73-51(42-20-8-2-9-21-42)43-22-10-3-11-23-43)48-37-75-57(62-48)64-60(44-24-12-4-13-25-44,45-26-14-5-15-27-45)46-28-16-6-17-29-46/h2-6,8-17,20-33,37,50-51,54H,7,18-19,34-36,38-40H2,1H3,(H,62,64)(H,63,67)/t50?,54-,58?/m1/s1. The highest BCUT2D eigenvalue weighted by atomic mass is 35.5. The average molecular weight is 1070 g/mol. The molecule has 2 saturated heterocycles. The fraction of sp³-hybridized carbons (Fsp3) is 0.267. The van der Waals surface area contributed by atoms with Gasteiger partial charge in [-0.3, -0.25) is 14.4 Å². The van der Waals surface area contributed by atoms with Gasteiger partial charge in [-0.1, -0.05) is 175 Å². The van der Waals surface area contributed by atoms with Crippen LogP contribution in [0.5, 0.6) is 5.75 Å². The van der Waals surface area contributed by atoms with Crippen molar-refractivity contribution in [3.63, 3.8) is 0 Å². The van der Waals surface area contributed by atoms with Gasteiger partial charge in [-0.15, -0.1) is 34.7 Å². The molecule has 0 radical (unpaired) electrons. The van der Waals surface area contributed by atoms with Gasteiger partial charge in [0.15, 0.2) is 16.9 Å². The molecule has 0 spiro atoms. The van der Waals surface area contributed by atoms with E-state index < -0.39 is 57.8 Å². The van der Waals surface area contributed by atoms with Gasteiger partial charge in [-0.25, -0.2) is 9.78 Å². The summed E-state index contributed by atoms with van der Waals surface area (Å²) in [4.78, 5) is 70.8. The van der Waals surface area contributed by atoms with Crippen LogP contribution in [0.2, 0.25) is 0 Å². The van der Waals surface area contributed by atoms with Crippen LogP contribution >= 0.6 is 34.7 Å². The molecule has 10 rings (SSSR count). The van der Waals surface area contributed by atoms with Crippen LogP contribution in [-0.4, -0.2) is 81.7 Å². The molecule has 16 heteroatoms. The van der Waals surface area contributed by atoms with Crippen molar-refractivity contribution in [2.45, 2.75) is 67.4 Å². The van der Waals surface area contributed by atoms with Crippen molar-refractivity contribution in [2.24, 2.45) is 10.6 Å². The van der Waals surface area contributed by atoms with E-state index in [1.165, 1.54) is 23.1 Å². The van der Waals surface area contributed by atoms with Crippen LogP contribution in [0.25, 0.3) is 0 Å². The van der Waals surface area contributed by atoms with Gasteiger partial charge in [0.05, 0.1) is 7.11 Å². The van der Waals surface area contributed by atoms with Crippen molar-refractivity contribution < 1.29 is 38.2 Å². The molecule has 3 atom stereocenters. The minimum atomic E-state index is -1.55. The summed E-state index contributed by atoms with van der Waals surface area (Å²) in [6.07, 6.45) is 2.01. The highest BCUT2D eigenvalue weighted by Gasteiger charge is 2.58. The first-order valence-electron chi connectivity index (χ1n) is 25.2. The lowest BCUT2D eigenvalue weighted by Gasteiger charge is -2.53. The molecular weight excluding hydrogens is 1020 g/mol. The second kappa shape index (κ2) is 23.2. The third-order valence-corrected chi connectivity index (χ3v) is 17.2. The molecule has 1 saturated carbocycles. The number of hydrogen-bond donors (Lipinski definition) is 2. The number of esters is 2. The Labute approximate surface area is 455 Å². The first-order chi connectivity index (χ1) is 37.1. The van der Waals surface area contributed by atoms with Crippen LogP contribution in [-0.2, 0) is 45.6 Å². The van der Waals surface area contributed by atoms with Crippen molar-refractivity contribution in [2.75, 3.05) is 30.6 Å². The molecule has 388 valence electrons. The summed E-state index contributed by atoms with van der Waals surface area (Å²) in [5, 5.41) is 13.0. The molecule has 6 aromatic carbocycles. The van der Waals surface area contributed by atoms with Gasteiger partial charge in [0.2, 0.25) is 11.5 Å². The van der Waals surface area contributed by atoms with E-state index in [0.717, 1.165) is 39.8 Å². The van der Waals surface area contributed by atoms with Crippen molar-refractivity contribution >= 4 is 69.3 Å². The zero-order valence-electron chi connectivity index (χ0n) is 41.7. The van der Waals surface area contributed by atoms with Crippen LogP contribution < -0.4 is 15.4 Å². The predicted molar refractivity (Wildman–Crippen MR) is 295 cm³/mol. The third kappa shape index (κ3) is 10.7. The van der Waals surface area contributed by atoms with Crippen LogP contribution in [0.3, 0.4) is 0 Å². The molecular formula is C60H56ClN5O8S2. The number of thioether (sulfide) groups is 1. The highest BCUT2D eigenvalue weighted by molar-refractivity contribution is 8.00. The van der Waals surface area contributed by atoms with Gasteiger partial charge in [-0.05, 0) is 58.4 Å². The van der Waals surface area contributed by atoms with Gasteiger partial charge in [0.1, 0.15) is 40.4 Å². The molecule has 2 unspecified atom stereocenters. The number of carbonyl (C=O) groups is 4. The number of rotatable bonds is 19. The molecule has 0 bridgehead atoms. The molecule has 13 nitrogen and oxygen atoms in total. The number of ether oxygens (including phenoxy) is 3. The Kier molecular flexibility index (Phi) is 15.9. The highest BCUT2D eigenvalue weighted by Crippen LogP contribution is 2.45. The molecule has 3 fully saturated rings. The lowest BCUT2D eigenvalue weighted by molar-refractivity contribution is -0.181. The molecule has 3 aliphatic rings. The monoisotopic (exact) mass is 1070 g/mol. The second-order valence-corrected chi connectivity index (χ2v) is 21.4. The van der Waals surface area contributed by atoms with E-state index >= 15 is 0 Å². The molecule has 2 N–H and O–H groups in total. The predicted octanol–water partition coefficient (Wildman–Crippen LogP) is 10.7. The maximum Gasteiger partial charge on any atom is 0.354 e. The summed E-state index contributed by atoms with van der Waals surface area (Å²) in [5.41, 5.74) is 1.41. The summed E-state index contributed by atoms with van der Waals surface area (Å²) in [6, 6.07) is 55.4. The van der Waals surface area contributed by atoms with E-state index in [-0.39, 0.29) is 49.0 Å². The number of carbonyl (C=O) groups excluding carboxylic acids is 4. The quantitative estimate of drug-likeness (QED) is 0.0198. The fourth-order valence-electron chi connectivity index (χ4n) is 10.1. The number of alkyl halides is 1. The number of fused-ring (bicyclic) bond motifs is 1. The Balaban J connectivity index is 0.960. The van der Waals surface area contributed by atoms with Gasteiger partial charge in [0.25, 0.3) is 5.91 Å². The first kappa shape index (κ1) is 52.0. The van der Waals surface area contributed by atoms with Crippen LogP contribution in [0.15, 0.2) is 186 Å². The largest absolute Gasteiger partial charge is 0.497 e. The maximum absolute atomic E-state index is 15.0. The van der Waals surface area contributed by atoms with Crippen molar-refractivity contribution in [1.29, 1.82) is 0 Å². The SMILES string of the molecule is COc1ccc(COC(=O)C2(CCl)CS[C@@H]3C(NC(=O)C(=NOC4(C(=O)OC(c5ccccc5)c5ccccc5)CCCCC4)c4csc(NC(c5ccccc5)(c5ccccc5)c5ccccc5)n4)C(=O)N3C2)cc1. The van der Waals surface area contributed by atoms with Crippen LogP contribution in [0.4, 0.5) is 5.13 Å². The van der Waals surface area contributed by atoms with Crippen molar-refractivity contribution in [1.82, 2.24) is 15.2 Å². The van der Waals surface area contributed by atoms with E-state index in [1.54, 1.807) is 29.5 Å². The number of benzene rings is 6. The van der Waals surface area contributed by atoms with E-state index in [2.05, 4.69) is 52.2 Å². The van der Waals surface area contributed by atoms with Gasteiger partial charge >= 0.3 is 11.9 Å². The van der Waals surface area contributed by atoms with E-state index in [4.69, 9.17) is 35.6 Å².